The number of aliphatic imine (C=N–C) groups is 1. The number of hydrogen-bond acceptors (Lipinski definition) is 3. The standard InChI is InChI=1S/C18H25N5O/c1-19-18(22(2)12-16-6-9-24-13-16)21-11-15-4-3-5-17(10-15)23-8-7-20-14-23/h3-5,7-8,10,14,16H,6,9,11-13H2,1-2H3,(H,19,21). The van der Waals surface area contributed by atoms with E-state index < -0.39 is 0 Å². The summed E-state index contributed by atoms with van der Waals surface area (Å²) in [6.45, 7) is 3.44. The van der Waals surface area contributed by atoms with E-state index >= 15 is 0 Å². The molecule has 0 bridgehead atoms. The van der Waals surface area contributed by atoms with Crippen molar-refractivity contribution in [2.45, 2.75) is 13.0 Å². The Kier molecular flexibility index (Phi) is 5.48. The molecule has 1 aliphatic heterocycles. The Labute approximate surface area is 143 Å². The lowest BCUT2D eigenvalue weighted by atomic mass is 10.1. The van der Waals surface area contributed by atoms with Crippen LogP contribution in [0.15, 0.2) is 48.0 Å². The van der Waals surface area contributed by atoms with Gasteiger partial charge in [-0.05, 0) is 24.1 Å². The third-order valence-corrected chi connectivity index (χ3v) is 4.29. The van der Waals surface area contributed by atoms with Crippen LogP contribution in [0.5, 0.6) is 0 Å². The van der Waals surface area contributed by atoms with Gasteiger partial charge in [0.2, 0.25) is 0 Å². The van der Waals surface area contributed by atoms with Crippen molar-refractivity contribution >= 4 is 5.96 Å². The SMILES string of the molecule is CN=C(NCc1cccc(-n2ccnc2)c1)N(C)CC1CCOC1. The Morgan fingerprint density at radius 3 is 3.12 bits per heavy atom. The number of benzene rings is 1. The molecule has 6 nitrogen and oxygen atoms in total. The van der Waals surface area contributed by atoms with Gasteiger partial charge >= 0.3 is 0 Å². The number of nitrogens with zero attached hydrogens (tertiary/aromatic N) is 4. The third-order valence-electron chi connectivity index (χ3n) is 4.29. The first-order valence-corrected chi connectivity index (χ1v) is 8.33. The van der Waals surface area contributed by atoms with Crippen molar-refractivity contribution in [3.63, 3.8) is 0 Å². The summed E-state index contributed by atoms with van der Waals surface area (Å²) in [5, 5.41) is 3.44. The van der Waals surface area contributed by atoms with Gasteiger partial charge in [-0.1, -0.05) is 12.1 Å². The first-order chi connectivity index (χ1) is 11.8. The molecule has 0 spiro atoms. The van der Waals surface area contributed by atoms with Gasteiger partial charge in [-0.2, -0.15) is 0 Å². The molecule has 1 atom stereocenters. The summed E-state index contributed by atoms with van der Waals surface area (Å²) in [6.07, 6.45) is 6.68. The summed E-state index contributed by atoms with van der Waals surface area (Å²) in [6, 6.07) is 8.42. The van der Waals surface area contributed by atoms with E-state index in [4.69, 9.17) is 4.74 Å². The number of ether oxygens (including phenoxy) is 1. The van der Waals surface area contributed by atoms with Crippen molar-refractivity contribution < 1.29 is 4.74 Å². The van der Waals surface area contributed by atoms with Gasteiger partial charge in [0.15, 0.2) is 5.96 Å². The van der Waals surface area contributed by atoms with Crippen LogP contribution in [0.1, 0.15) is 12.0 Å². The van der Waals surface area contributed by atoms with Crippen molar-refractivity contribution in [2.75, 3.05) is 33.9 Å². The van der Waals surface area contributed by atoms with Crippen LogP contribution in [-0.4, -0.2) is 54.3 Å². The van der Waals surface area contributed by atoms with E-state index in [-0.39, 0.29) is 0 Å². The van der Waals surface area contributed by atoms with Crippen LogP contribution >= 0.6 is 0 Å². The third kappa shape index (κ3) is 4.14. The average Bonchev–Trinajstić information content (AvgIpc) is 3.29. The van der Waals surface area contributed by atoms with Gasteiger partial charge in [0, 0.05) is 57.8 Å². The summed E-state index contributed by atoms with van der Waals surface area (Å²) in [4.78, 5) is 10.7. The second-order valence-electron chi connectivity index (χ2n) is 6.15. The molecule has 0 aliphatic carbocycles. The highest BCUT2D eigenvalue weighted by molar-refractivity contribution is 5.79. The van der Waals surface area contributed by atoms with Gasteiger partial charge < -0.3 is 19.5 Å². The molecular formula is C18H25N5O. The second kappa shape index (κ2) is 7.97. The number of guanidine groups is 1. The summed E-state index contributed by atoms with van der Waals surface area (Å²) in [5.74, 6) is 1.51. The Balaban J connectivity index is 1.58. The molecule has 1 saturated heterocycles. The Morgan fingerprint density at radius 1 is 1.50 bits per heavy atom. The van der Waals surface area contributed by atoms with Crippen molar-refractivity contribution in [1.29, 1.82) is 0 Å². The maximum Gasteiger partial charge on any atom is 0.193 e. The fraction of sp³-hybridized carbons (Fsp3) is 0.444. The fourth-order valence-corrected chi connectivity index (χ4v) is 3.01. The molecule has 1 unspecified atom stereocenters. The van der Waals surface area contributed by atoms with Crippen molar-refractivity contribution in [3.8, 4) is 5.69 Å². The Hall–Kier alpha value is -2.34. The van der Waals surface area contributed by atoms with E-state index in [1.165, 1.54) is 5.56 Å². The molecule has 128 valence electrons. The molecule has 3 rings (SSSR count). The molecule has 0 amide bonds. The van der Waals surface area contributed by atoms with Crippen LogP contribution in [0.4, 0.5) is 0 Å². The number of rotatable bonds is 5. The highest BCUT2D eigenvalue weighted by Crippen LogP contribution is 2.13. The lowest BCUT2D eigenvalue weighted by molar-refractivity contribution is 0.181. The molecule has 1 aliphatic rings. The summed E-state index contributed by atoms with van der Waals surface area (Å²) >= 11 is 0. The van der Waals surface area contributed by atoms with Gasteiger partial charge in [-0.15, -0.1) is 0 Å². The highest BCUT2D eigenvalue weighted by Gasteiger charge is 2.18. The minimum Gasteiger partial charge on any atom is -0.381 e. The van der Waals surface area contributed by atoms with Crippen LogP contribution in [0, 0.1) is 5.92 Å². The van der Waals surface area contributed by atoms with E-state index in [1.54, 1.807) is 6.20 Å². The summed E-state index contributed by atoms with van der Waals surface area (Å²) in [7, 11) is 3.90. The largest absolute Gasteiger partial charge is 0.381 e. The monoisotopic (exact) mass is 327 g/mol. The van der Waals surface area contributed by atoms with Crippen molar-refractivity contribution in [3.05, 3.63) is 48.5 Å². The summed E-state index contributed by atoms with van der Waals surface area (Å²) in [5.41, 5.74) is 2.32. The van der Waals surface area contributed by atoms with E-state index in [0.717, 1.165) is 44.4 Å². The van der Waals surface area contributed by atoms with E-state index in [0.29, 0.717) is 5.92 Å². The molecule has 1 aromatic carbocycles. The quantitative estimate of drug-likeness (QED) is 0.673. The van der Waals surface area contributed by atoms with Crippen LogP contribution in [0.25, 0.3) is 5.69 Å². The normalized spacial score (nSPS) is 17.9. The Bertz CT molecular complexity index is 662. The molecule has 2 heterocycles. The predicted molar refractivity (Wildman–Crippen MR) is 95.3 cm³/mol. The van der Waals surface area contributed by atoms with Gasteiger partial charge in [-0.25, -0.2) is 4.98 Å². The zero-order valence-electron chi connectivity index (χ0n) is 14.4. The molecular weight excluding hydrogens is 302 g/mol. The molecule has 6 heteroatoms. The van der Waals surface area contributed by atoms with Gasteiger partial charge in [-0.3, -0.25) is 4.99 Å². The molecule has 1 fully saturated rings. The minimum atomic E-state index is 0.595. The van der Waals surface area contributed by atoms with Crippen LogP contribution < -0.4 is 5.32 Å². The predicted octanol–water partition coefficient (Wildman–Crippen LogP) is 1.92. The first kappa shape index (κ1) is 16.5. The second-order valence-corrected chi connectivity index (χ2v) is 6.15. The molecule has 24 heavy (non-hydrogen) atoms. The molecule has 0 radical (unpaired) electrons. The zero-order chi connectivity index (χ0) is 16.8. The van der Waals surface area contributed by atoms with Gasteiger partial charge in [0.1, 0.15) is 0 Å². The van der Waals surface area contributed by atoms with E-state index in [1.807, 2.05) is 24.1 Å². The average molecular weight is 327 g/mol. The number of nitrogens with one attached hydrogen (secondary N) is 1. The highest BCUT2D eigenvalue weighted by atomic mass is 16.5. The first-order valence-electron chi connectivity index (χ1n) is 8.33. The number of imidazole rings is 1. The molecule has 0 saturated carbocycles. The van der Waals surface area contributed by atoms with Gasteiger partial charge in [0.05, 0.1) is 12.9 Å². The number of hydrogen-bond donors (Lipinski definition) is 1. The van der Waals surface area contributed by atoms with Gasteiger partial charge in [0.25, 0.3) is 0 Å². The smallest absolute Gasteiger partial charge is 0.193 e. The van der Waals surface area contributed by atoms with E-state index in [9.17, 15) is 0 Å². The number of aromatic nitrogens is 2. The van der Waals surface area contributed by atoms with E-state index in [2.05, 4.69) is 51.5 Å². The van der Waals surface area contributed by atoms with Crippen molar-refractivity contribution in [1.82, 2.24) is 19.8 Å². The van der Waals surface area contributed by atoms with Crippen LogP contribution in [0.2, 0.25) is 0 Å². The minimum absolute atomic E-state index is 0.595. The summed E-state index contributed by atoms with van der Waals surface area (Å²) < 4.78 is 7.46. The lowest BCUT2D eigenvalue weighted by Crippen LogP contribution is -2.41. The maximum absolute atomic E-state index is 5.45. The van der Waals surface area contributed by atoms with Crippen LogP contribution in [0.3, 0.4) is 0 Å². The maximum atomic E-state index is 5.45. The lowest BCUT2D eigenvalue weighted by Gasteiger charge is -2.24. The fourth-order valence-electron chi connectivity index (χ4n) is 3.01. The zero-order valence-corrected chi connectivity index (χ0v) is 14.4. The Morgan fingerprint density at radius 2 is 2.42 bits per heavy atom. The topological polar surface area (TPSA) is 54.7 Å². The van der Waals surface area contributed by atoms with Crippen LogP contribution in [-0.2, 0) is 11.3 Å². The van der Waals surface area contributed by atoms with Crippen molar-refractivity contribution in [2.24, 2.45) is 10.9 Å². The molecule has 2 aromatic rings. The molecule has 1 N–H and O–H groups in total. The molecule has 1 aromatic heterocycles.